The Hall–Kier alpha value is -3.37. The molecule has 1 amide bonds. The number of nitro groups is 1. The van der Waals surface area contributed by atoms with Gasteiger partial charge in [-0.15, -0.1) is 0 Å². The molecule has 27 heavy (non-hydrogen) atoms. The van der Waals surface area contributed by atoms with Gasteiger partial charge in [-0.2, -0.15) is 13.2 Å². The highest BCUT2D eigenvalue weighted by atomic mass is 19.4. The van der Waals surface area contributed by atoms with Crippen molar-refractivity contribution in [3.8, 4) is 11.6 Å². The van der Waals surface area contributed by atoms with E-state index in [1.807, 2.05) is 0 Å². The van der Waals surface area contributed by atoms with Crippen LogP contribution in [0, 0.1) is 10.1 Å². The fraction of sp³-hybridized carbons (Fsp3) is 0.250. The molecule has 0 radical (unpaired) electrons. The SMILES string of the molecule is COc1cc(CNC(=O)c2cc(OCC(F)(F)F)ccc2[N+](=O)[O-])ccn1. The highest BCUT2D eigenvalue weighted by Crippen LogP contribution is 2.26. The molecule has 0 saturated heterocycles. The topological polar surface area (TPSA) is 104 Å². The Kier molecular flexibility index (Phi) is 6.16. The van der Waals surface area contributed by atoms with Gasteiger partial charge in [0.1, 0.15) is 11.3 Å². The second-order valence-electron chi connectivity index (χ2n) is 5.23. The van der Waals surface area contributed by atoms with Crippen LogP contribution in [0.3, 0.4) is 0 Å². The van der Waals surface area contributed by atoms with Crippen LogP contribution >= 0.6 is 0 Å². The van der Waals surface area contributed by atoms with Crippen molar-refractivity contribution in [2.24, 2.45) is 0 Å². The van der Waals surface area contributed by atoms with Crippen LogP contribution in [0.2, 0.25) is 0 Å². The molecule has 1 heterocycles. The lowest BCUT2D eigenvalue weighted by molar-refractivity contribution is -0.385. The third-order valence-corrected chi connectivity index (χ3v) is 3.27. The average Bonchev–Trinajstić information content (AvgIpc) is 2.63. The van der Waals surface area contributed by atoms with E-state index >= 15 is 0 Å². The van der Waals surface area contributed by atoms with E-state index in [4.69, 9.17) is 4.74 Å². The number of pyridine rings is 1. The Balaban J connectivity index is 2.17. The first-order chi connectivity index (χ1) is 12.7. The van der Waals surface area contributed by atoms with Crippen LogP contribution in [0.5, 0.6) is 11.6 Å². The van der Waals surface area contributed by atoms with Gasteiger partial charge in [0.05, 0.1) is 12.0 Å². The average molecular weight is 385 g/mol. The second-order valence-corrected chi connectivity index (χ2v) is 5.23. The zero-order valence-corrected chi connectivity index (χ0v) is 13.9. The van der Waals surface area contributed by atoms with Crippen molar-refractivity contribution in [3.05, 3.63) is 57.8 Å². The standard InChI is InChI=1S/C16H14F3N3O5/c1-26-14-6-10(4-5-20-14)8-21-15(23)12-7-11(27-9-16(17,18)19)2-3-13(12)22(24)25/h2-7H,8-9H2,1H3,(H,21,23). The summed E-state index contributed by atoms with van der Waals surface area (Å²) in [5.41, 5.74) is -0.359. The largest absolute Gasteiger partial charge is 0.484 e. The number of rotatable bonds is 7. The zero-order valence-electron chi connectivity index (χ0n) is 13.9. The summed E-state index contributed by atoms with van der Waals surface area (Å²) in [5.74, 6) is -0.834. The van der Waals surface area contributed by atoms with E-state index in [1.165, 1.54) is 13.3 Å². The summed E-state index contributed by atoms with van der Waals surface area (Å²) in [7, 11) is 1.42. The molecule has 0 aliphatic rings. The van der Waals surface area contributed by atoms with E-state index in [9.17, 15) is 28.1 Å². The van der Waals surface area contributed by atoms with E-state index in [-0.39, 0.29) is 12.3 Å². The van der Waals surface area contributed by atoms with Crippen molar-refractivity contribution in [3.63, 3.8) is 0 Å². The van der Waals surface area contributed by atoms with Crippen molar-refractivity contribution in [2.45, 2.75) is 12.7 Å². The van der Waals surface area contributed by atoms with Gasteiger partial charge in [-0.05, 0) is 23.8 Å². The van der Waals surface area contributed by atoms with Crippen molar-refractivity contribution in [1.29, 1.82) is 0 Å². The second kappa shape index (κ2) is 8.34. The number of benzene rings is 1. The summed E-state index contributed by atoms with van der Waals surface area (Å²) in [5, 5.41) is 13.5. The number of nitro benzene ring substituents is 1. The number of hydrogen-bond acceptors (Lipinski definition) is 6. The number of halogens is 3. The number of methoxy groups -OCH3 is 1. The summed E-state index contributed by atoms with van der Waals surface area (Å²) in [6.07, 6.45) is -3.13. The molecule has 0 saturated carbocycles. The summed E-state index contributed by atoms with van der Waals surface area (Å²) < 4.78 is 46.2. The summed E-state index contributed by atoms with van der Waals surface area (Å²) in [6.45, 7) is -1.58. The van der Waals surface area contributed by atoms with Crippen LogP contribution in [-0.2, 0) is 6.54 Å². The molecule has 0 bridgehead atoms. The molecule has 0 fully saturated rings. The first-order valence-electron chi connectivity index (χ1n) is 7.44. The molecule has 144 valence electrons. The van der Waals surface area contributed by atoms with Crippen molar-refractivity contribution in [2.75, 3.05) is 13.7 Å². The third-order valence-electron chi connectivity index (χ3n) is 3.27. The summed E-state index contributed by atoms with van der Waals surface area (Å²) in [4.78, 5) is 26.5. The van der Waals surface area contributed by atoms with Crippen molar-refractivity contribution in [1.82, 2.24) is 10.3 Å². The normalized spacial score (nSPS) is 11.0. The quantitative estimate of drug-likeness (QED) is 0.581. The van der Waals surface area contributed by atoms with Crippen LogP contribution in [0.1, 0.15) is 15.9 Å². The lowest BCUT2D eigenvalue weighted by atomic mass is 10.1. The molecule has 0 aliphatic heterocycles. The maximum Gasteiger partial charge on any atom is 0.422 e. The van der Waals surface area contributed by atoms with E-state index in [0.29, 0.717) is 11.4 Å². The molecule has 8 nitrogen and oxygen atoms in total. The van der Waals surface area contributed by atoms with Crippen molar-refractivity contribution < 1.29 is 32.4 Å². The Morgan fingerprint density at radius 1 is 1.30 bits per heavy atom. The summed E-state index contributed by atoms with van der Waals surface area (Å²) in [6, 6.07) is 5.95. The number of carbonyl (C=O) groups excluding carboxylic acids is 1. The van der Waals surface area contributed by atoms with Gasteiger partial charge in [0.15, 0.2) is 6.61 Å². The molecule has 2 rings (SSSR count). The Bertz CT molecular complexity index is 842. The monoisotopic (exact) mass is 385 g/mol. The molecule has 0 unspecified atom stereocenters. The van der Waals surface area contributed by atoms with Gasteiger partial charge < -0.3 is 14.8 Å². The molecule has 11 heteroatoms. The van der Waals surface area contributed by atoms with Gasteiger partial charge in [-0.1, -0.05) is 0 Å². The number of nitrogens with zero attached hydrogens (tertiary/aromatic N) is 2. The van der Waals surface area contributed by atoms with Crippen LogP contribution < -0.4 is 14.8 Å². The third kappa shape index (κ3) is 5.83. The first-order valence-corrected chi connectivity index (χ1v) is 7.44. The summed E-state index contributed by atoms with van der Waals surface area (Å²) >= 11 is 0. The minimum atomic E-state index is -4.58. The highest BCUT2D eigenvalue weighted by molar-refractivity contribution is 5.98. The molecular weight excluding hydrogens is 371 g/mol. The minimum Gasteiger partial charge on any atom is -0.484 e. The van der Waals surface area contributed by atoms with E-state index < -0.39 is 34.9 Å². The Morgan fingerprint density at radius 2 is 2.04 bits per heavy atom. The minimum absolute atomic E-state index is 0.00248. The van der Waals surface area contributed by atoms with E-state index in [0.717, 1.165) is 18.2 Å². The first kappa shape index (κ1) is 19.9. The smallest absolute Gasteiger partial charge is 0.422 e. The number of nitrogens with one attached hydrogen (secondary N) is 1. The number of aromatic nitrogens is 1. The molecule has 0 aliphatic carbocycles. The predicted octanol–water partition coefficient (Wildman–Crippen LogP) is 2.87. The number of hydrogen-bond donors (Lipinski definition) is 1. The van der Waals surface area contributed by atoms with Gasteiger partial charge in [0.25, 0.3) is 11.6 Å². The van der Waals surface area contributed by atoms with Gasteiger partial charge in [0, 0.05) is 24.9 Å². The highest BCUT2D eigenvalue weighted by Gasteiger charge is 2.29. The maximum absolute atomic E-state index is 12.3. The van der Waals surface area contributed by atoms with Crippen LogP contribution in [0.25, 0.3) is 0 Å². The molecule has 0 spiro atoms. The van der Waals surface area contributed by atoms with Crippen LogP contribution in [0.4, 0.5) is 18.9 Å². The van der Waals surface area contributed by atoms with Gasteiger partial charge in [0.2, 0.25) is 5.88 Å². The predicted molar refractivity (Wildman–Crippen MR) is 86.6 cm³/mol. The number of amides is 1. The zero-order chi connectivity index (χ0) is 20.0. The lowest BCUT2D eigenvalue weighted by Crippen LogP contribution is -2.24. The molecule has 1 N–H and O–H groups in total. The Labute approximate surface area is 151 Å². The number of ether oxygens (including phenoxy) is 2. The van der Waals surface area contributed by atoms with Gasteiger partial charge in [-0.3, -0.25) is 14.9 Å². The molecule has 0 atom stereocenters. The number of carbonyl (C=O) groups is 1. The molecule has 2 aromatic rings. The molecule has 1 aromatic heterocycles. The molecular formula is C16H14F3N3O5. The Morgan fingerprint density at radius 3 is 2.67 bits per heavy atom. The fourth-order valence-corrected chi connectivity index (χ4v) is 2.06. The van der Waals surface area contributed by atoms with Gasteiger partial charge in [-0.25, -0.2) is 4.98 Å². The van der Waals surface area contributed by atoms with Gasteiger partial charge >= 0.3 is 6.18 Å². The molecule has 1 aromatic carbocycles. The maximum atomic E-state index is 12.3. The lowest BCUT2D eigenvalue weighted by Gasteiger charge is -2.11. The van der Waals surface area contributed by atoms with Crippen LogP contribution in [0.15, 0.2) is 36.5 Å². The van der Waals surface area contributed by atoms with Crippen LogP contribution in [-0.4, -0.2) is 35.7 Å². The fourth-order valence-electron chi connectivity index (χ4n) is 2.06. The van der Waals surface area contributed by atoms with Crippen molar-refractivity contribution >= 4 is 11.6 Å². The number of alkyl halides is 3. The van der Waals surface area contributed by atoms with E-state index in [1.54, 1.807) is 12.1 Å². The van der Waals surface area contributed by atoms with E-state index in [2.05, 4.69) is 15.0 Å².